The second-order valence-electron chi connectivity index (χ2n) is 13.5. The van der Waals surface area contributed by atoms with Crippen LogP contribution in [0.4, 0.5) is 0 Å². The van der Waals surface area contributed by atoms with Crippen LogP contribution in [0, 0.1) is 38.5 Å². The van der Waals surface area contributed by atoms with Crippen molar-refractivity contribution < 1.29 is 24.5 Å². The van der Waals surface area contributed by atoms with Gasteiger partial charge in [-0.2, -0.15) is 0 Å². The van der Waals surface area contributed by atoms with Crippen molar-refractivity contribution in [2.75, 3.05) is 0 Å². The zero-order valence-electron chi connectivity index (χ0n) is 26.9. The largest absolute Gasteiger partial charge is 0.508 e. The van der Waals surface area contributed by atoms with E-state index in [9.17, 15) is 15.0 Å². The molecule has 1 heterocycles. The van der Waals surface area contributed by atoms with Crippen molar-refractivity contribution in [2.24, 2.45) is 17.8 Å². The van der Waals surface area contributed by atoms with Crippen molar-refractivity contribution in [1.29, 1.82) is 0 Å². The number of aromatic hydroxyl groups is 2. The van der Waals surface area contributed by atoms with E-state index in [0.717, 1.165) is 71.4 Å². The summed E-state index contributed by atoms with van der Waals surface area (Å²) in [4.78, 5) is 12.9. The second-order valence-corrected chi connectivity index (χ2v) is 13.5. The third-order valence-electron chi connectivity index (χ3n) is 9.23. The number of ether oxygens (including phenoxy) is 2. The van der Waals surface area contributed by atoms with E-state index in [1.807, 2.05) is 20.8 Å². The van der Waals surface area contributed by atoms with Crippen molar-refractivity contribution in [3.05, 3.63) is 46.0 Å². The second kappa shape index (κ2) is 14.5. The topological polar surface area (TPSA) is 76.0 Å². The van der Waals surface area contributed by atoms with Gasteiger partial charge in [-0.3, -0.25) is 0 Å². The lowest BCUT2D eigenvalue weighted by atomic mass is 9.83. The molecule has 0 aromatic heterocycles. The molecule has 3 rings (SSSR count). The molecule has 5 nitrogen and oxygen atoms in total. The van der Waals surface area contributed by atoms with Crippen LogP contribution >= 0.6 is 0 Å². The molecule has 2 aromatic carbocycles. The lowest BCUT2D eigenvalue weighted by Crippen LogP contribution is -2.37. The molecule has 0 spiro atoms. The molecule has 0 saturated heterocycles. The molecule has 0 bridgehead atoms. The third kappa shape index (κ3) is 8.90. The zero-order valence-corrected chi connectivity index (χ0v) is 26.9. The van der Waals surface area contributed by atoms with E-state index in [1.54, 1.807) is 0 Å². The van der Waals surface area contributed by atoms with Gasteiger partial charge in [0.2, 0.25) is 0 Å². The Morgan fingerprint density at radius 1 is 0.902 bits per heavy atom. The number of fused-ring (bicyclic) bond motifs is 1. The minimum Gasteiger partial charge on any atom is -0.508 e. The molecule has 228 valence electrons. The number of rotatable bonds is 14. The summed E-state index contributed by atoms with van der Waals surface area (Å²) < 4.78 is 12.5. The lowest BCUT2D eigenvalue weighted by molar-refractivity contribution is 0.0508. The molecule has 0 radical (unpaired) electrons. The predicted molar refractivity (Wildman–Crippen MR) is 167 cm³/mol. The molecule has 0 amide bonds. The Morgan fingerprint density at radius 3 is 2.15 bits per heavy atom. The highest BCUT2D eigenvalue weighted by Crippen LogP contribution is 2.45. The normalized spacial score (nSPS) is 18.1. The summed E-state index contributed by atoms with van der Waals surface area (Å²) >= 11 is 0. The Bertz CT molecular complexity index is 1180. The van der Waals surface area contributed by atoms with E-state index in [4.69, 9.17) is 9.47 Å². The molecule has 0 fully saturated rings. The molecule has 41 heavy (non-hydrogen) atoms. The maximum absolute atomic E-state index is 12.9. The van der Waals surface area contributed by atoms with Gasteiger partial charge in [0.15, 0.2) is 0 Å². The molecule has 1 aliphatic heterocycles. The van der Waals surface area contributed by atoms with E-state index in [-0.39, 0.29) is 22.7 Å². The number of hydrogen-bond donors (Lipinski definition) is 2. The van der Waals surface area contributed by atoms with Crippen LogP contribution in [-0.4, -0.2) is 21.8 Å². The van der Waals surface area contributed by atoms with E-state index < -0.39 is 5.97 Å². The standard InChI is InChI=1S/C36H54O5/c1-23(2)12-9-13-24(3)14-10-15-25(4)16-11-20-36(8)21-19-30-28(7)33(26(5)27(6)34(30)41-36)40-35(39)31-22-29(37)17-18-32(31)38/h17-18,22-25,37-38H,9-16,19-21H2,1-8H3. The van der Waals surface area contributed by atoms with E-state index in [1.165, 1.54) is 63.1 Å². The monoisotopic (exact) mass is 566 g/mol. The fraction of sp³-hybridized carbons (Fsp3) is 0.639. The molecule has 2 N–H and O–H groups in total. The fourth-order valence-corrected chi connectivity index (χ4v) is 6.25. The average Bonchev–Trinajstić information content (AvgIpc) is 2.90. The third-order valence-corrected chi connectivity index (χ3v) is 9.23. The van der Waals surface area contributed by atoms with Gasteiger partial charge in [0.05, 0.1) is 0 Å². The first-order valence-electron chi connectivity index (χ1n) is 15.9. The summed E-state index contributed by atoms with van der Waals surface area (Å²) in [5.74, 6) is 2.81. The number of carbonyl (C=O) groups excluding carboxylic acids is 1. The van der Waals surface area contributed by atoms with Crippen LogP contribution in [0.3, 0.4) is 0 Å². The number of benzene rings is 2. The highest BCUT2D eigenvalue weighted by Gasteiger charge is 2.35. The van der Waals surface area contributed by atoms with Gasteiger partial charge in [-0.25, -0.2) is 4.79 Å². The molecule has 1 aliphatic rings. The van der Waals surface area contributed by atoms with Gasteiger partial charge in [-0.15, -0.1) is 0 Å². The molecule has 3 atom stereocenters. The Labute approximate surface area is 248 Å². The van der Waals surface area contributed by atoms with Crippen molar-refractivity contribution in [3.63, 3.8) is 0 Å². The average molecular weight is 567 g/mol. The summed E-state index contributed by atoms with van der Waals surface area (Å²) in [7, 11) is 0. The number of carbonyl (C=O) groups is 1. The Morgan fingerprint density at radius 2 is 1.51 bits per heavy atom. The number of esters is 1. The van der Waals surface area contributed by atoms with Crippen LogP contribution in [-0.2, 0) is 6.42 Å². The Hall–Kier alpha value is -2.69. The molecule has 3 unspecified atom stereocenters. The fourth-order valence-electron chi connectivity index (χ4n) is 6.25. The van der Waals surface area contributed by atoms with Gasteiger partial charge in [0.25, 0.3) is 0 Å². The molecule has 5 heteroatoms. The van der Waals surface area contributed by atoms with Crippen LogP contribution < -0.4 is 9.47 Å². The maximum atomic E-state index is 12.9. The lowest BCUT2D eigenvalue weighted by Gasteiger charge is -2.38. The van der Waals surface area contributed by atoms with Crippen molar-refractivity contribution in [3.8, 4) is 23.0 Å². The van der Waals surface area contributed by atoms with Gasteiger partial charge in [-0.05, 0) is 106 Å². The molecule has 2 aromatic rings. The predicted octanol–water partition coefficient (Wildman–Crippen LogP) is 9.77. The maximum Gasteiger partial charge on any atom is 0.347 e. The Kier molecular flexibility index (Phi) is 11.6. The zero-order chi connectivity index (χ0) is 30.3. The van der Waals surface area contributed by atoms with Gasteiger partial charge in [-0.1, -0.05) is 72.6 Å². The van der Waals surface area contributed by atoms with Crippen LogP contribution in [0.2, 0.25) is 0 Å². The van der Waals surface area contributed by atoms with Crippen molar-refractivity contribution in [1.82, 2.24) is 0 Å². The summed E-state index contributed by atoms with van der Waals surface area (Å²) in [6.07, 6.45) is 13.3. The van der Waals surface area contributed by atoms with Crippen molar-refractivity contribution >= 4 is 5.97 Å². The number of hydrogen-bond acceptors (Lipinski definition) is 5. The van der Waals surface area contributed by atoms with Gasteiger partial charge < -0.3 is 19.7 Å². The van der Waals surface area contributed by atoms with Crippen molar-refractivity contribution in [2.45, 2.75) is 132 Å². The molecular weight excluding hydrogens is 512 g/mol. The quantitative estimate of drug-likeness (QED) is 0.135. The van der Waals surface area contributed by atoms with Crippen LogP contribution in [0.5, 0.6) is 23.0 Å². The molecular formula is C36H54O5. The number of phenols is 2. The van der Waals surface area contributed by atoms with Gasteiger partial charge in [0, 0.05) is 5.56 Å². The molecule has 0 saturated carbocycles. The summed E-state index contributed by atoms with van der Waals surface area (Å²) in [5, 5.41) is 19.9. The summed E-state index contributed by atoms with van der Waals surface area (Å²) in [5.41, 5.74) is 3.55. The van der Waals surface area contributed by atoms with Crippen LogP contribution in [0.1, 0.15) is 131 Å². The SMILES string of the molecule is Cc1c(C)c2c(c(C)c1OC(=O)c1cc(O)ccc1O)CCC(C)(CCCC(C)CCCC(C)CCCC(C)C)O2. The first-order chi connectivity index (χ1) is 19.3. The minimum atomic E-state index is -0.694. The van der Waals surface area contributed by atoms with E-state index in [0.29, 0.717) is 5.75 Å². The Balaban J connectivity index is 1.55. The molecule has 0 aliphatic carbocycles. The first-order valence-corrected chi connectivity index (χ1v) is 15.9. The first kappa shape index (κ1) is 32.8. The summed E-state index contributed by atoms with van der Waals surface area (Å²) in [6.45, 7) is 17.6. The van der Waals surface area contributed by atoms with E-state index >= 15 is 0 Å². The highest BCUT2D eigenvalue weighted by molar-refractivity contribution is 5.94. The number of phenolic OH excluding ortho intramolecular Hbond substituents is 2. The van der Waals surface area contributed by atoms with Crippen LogP contribution in [0.25, 0.3) is 0 Å². The van der Waals surface area contributed by atoms with Crippen LogP contribution in [0.15, 0.2) is 18.2 Å². The summed E-state index contributed by atoms with van der Waals surface area (Å²) in [6, 6.07) is 3.84. The van der Waals surface area contributed by atoms with Gasteiger partial charge in [0.1, 0.15) is 34.2 Å². The van der Waals surface area contributed by atoms with Gasteiger partial charge >= 0.3 is 5.97 Å². The van der Waals surface area contributed by atoms with E-state index in [2.05, 4.69) is 34.6 Å². The highest BCUT2D eigenvalue weighted by atomic mass is 16.5. The smallest absolute Gasteiger partial charge is 0.347 e. The minimum absolute atomic E-state index is 0.0617.